The summed E-state index contributed by atoms with van der Waals surface area (Å²) in [7, 11) is 0. The first kappa shape index (κ1) is 19.9. The van der Waals surface area contributed by atoms with Crippen LogP contribution in [0.5, 0.6) is 0 Å². The monoisotopic (exact) mass is 431 g/mol. The molecule has 1 fully saturated rings. The summed E-state index contributed by atoms with van der Waals surface area (Å²) in [4.78, 5) is 17.7. The number of anilines is 2. The highest BCUT2D eigenvalue weighted by atomic mass is 32.1. The van der Waals surface area contributed by atoms with Crippen LogP contribution in [0, 0.1) is 6.92 Å². The minimum Gasteiger partial charge on any atom is -0.383 e. The average Bonchev–Trinajstić information content (AvgIpc) is 3.24. The van der Waals surface area contributed by atoms with E-state index in [0.717, 1.165) is 50.7 Å². The van der Waals surface area contributed by atoms with Gasteiger partial charge in [0.05, 0.1) is 5.39 Å². The van der Waals surface area contributed by atoms with Gasteiger partial charge in [-0.3, -0.25) is 0 Å². The van der Waals surface area contributed by atoms with Crippen LogP contribution >= 0.6 is 11.3 Å². The van der Waals surface area contributed by atoms with E-state index >= 15 is 0 Å². The number of nitrogen functional groups attached to an aromatic ring is 1. The number of rotatable bonds is 4. The number of piperidine rings is 1. The third-order valence-corrected chi connectivity index (χ3v) is 6.83. The molecular weight excluding hydrogens is 406 g/mol. The van der Waals surface area contributed by atoms with E-state index in [0.29, 0.717) is 11.6 Å². The molecule has 0 amide bonds. The van der Waals surface area contributed by atoms with Gasteiger partial charge in [-0.1, -0.05) is 29.8 Å². The average molecular weight is 432 g/mol. The van der Waals surface area contributed by atoms with Gasteiger partial charge in [0, 0.05) is 35.3 Å². The minimum atomic E-state index is -0.774. The van der Waals surface area contributed by atoms with Gasteiger partial charge in [0.15, 0.2) is 5.82 Å². The summed E-state index contributed by atoms with van der Waals surface area (Å²) < 4.78 is 0. The Balaban J connectivity index is 1.43. The molecule has 0 aliphatic carbocycles. The molecule has 158 valence electrons. The lowest BCUT2D eigenvalue weighted by atomic mass is 10.1. The van der Waals surface area contributed by atoms with E-state index in [4.69, 9.17) is 10.7 Å². The van der Waals surface area contributed by atoms with E-state index in [2.05, 4.69) is 14.9 Å². The summed E-state index contributed by atoms with van der Waals surface area (Å²) in [6, 6.07) is 13.9. The Kier molecular flexibility index (Phi) is 5.29. The van der Waals surface area contributed by atoms with Gasteiger partial charge in [-0.2, -0.15) is 0 Å². The first-order valence-corrected chi connectivity index (χ1v) is 11.4. The molecule has 1 aromatic carbocycles. The molecule has 4 heterocycles. The van der Waals surface area contributed by atoms with Crippen molar-refractivity contribution in [1.29, 1.82) is 0 Å². The lowest BCUT2D eigenvalue weighted by Crippen LogP contribution is -2.30. The number of aromatic nitrogens is 3. The van der Waals surface area contributed by atoms with Gasteiger partial charge in [0.1, 0.15) is 22.6 Å². The Morgan fingerprint density at radius 2 is 1.90 bits per heavy atom. The van der Waals surface area contributed by atoms with E-state index in [1.54, 1.807) is 6.20 Å². The quantitative estimate of drug-likeness (QED) is 0.486. The fourth-order valence-electron chi connectivity index (χ4n) is 4.04. The highest BCUT2D eigenvalue weighted by Gasteiger charge is 2.19. The Hall–Kier alpha value is -3.03. The van der Waals surface area contributed by atoms with Crippen LogP contribution in [0.3, 0.4) is 0 Å². The first-order chi connectivity index (χ1) is 15.1. The van der Waals surface area contributed by atoms with E-state index in [9.17, 15) is 5.11 Å². The van der Waals surface area contributed by atoms with Crippen molar-refractivity contribution in [1.82, 2.24) is 15.0 Å². The van der Waals surface area contributed by atoms with Crippen LogP contribution in [-0.4, -0.2) is 33.1 Å². The number of benzene rings is 1. The second-order valence-corrected chi connectivity index (χ2v) is 9.13. The number of hydrogen-bond donors (Lipinski definition) is 2. The number of nitrogens with two attached hydrogens (primary N) is 1. The summed E-state index contributed by atoms with van der Waals surface area (Å²) in [6.07, 6.45) is 4.70. The van der Waals surface area contributed by atoms with Gasteiger partial charge in [-0.05, 0) is 44.4 Å². The number of hydrogen-bond acceptors (Lipinski definition) is 7. The Morgan fingerprint density at radius 3 is 2.65 bits per heavy atom. The van der Waals surface area contributed by atoms with Crippen molar-refractivity contribution in [3.8, 4) is 11.4 Å². The van der Waals surface area contributed by atoms with E-state index in [-0.39, 0.29) is 0 Å². The number of aliphatic hydroxyl groups excluding tert-OH is 1. The highest BCUT2D eigenvalue weighted by molar-refractivity contribution is 7.18. The van der Waals surface area contributed by atoms with Crippen LogP contribution in [0.25, 0.3) is 21.6 Å². The molecule has 6 nitrogen and oxygen atoms in total. The third kappa shape index (κ3) is 3.98. The molecule has 1 unspecified atom stereocenters. The number of aryl methyl sites for hydroxylation is 1. The van der Waals surface area contributed by atoms with Crippen molar-refractivity contribution in [3.63, 3.8) is 0 Å². The number of fused-ring (bicyclic) bond motifs is 1. The molecule has 1 aliphatic rings. The van der Waals surface area contributed by atoms with Crippen LogP contribution in [0.4, 0.5) is 11.6 Å². The number of pyridine rings is 1. The number of nitrogens with zero attached hydrogens (tertiary/aromatic N) is 4. The molecule has 7 heteroatoms. The SMILES string of the molecule is Cc1cccc(-c2nc(N)c3cc(C(O)c4ccc(N5CCCCC5)nc4)sc3n2)c1. The summed E-state index contributed by atoms with van der Waals surface area (Å²) in [5.41, 5.74) is 9.08. The van der Waals surface area contributed by atoms with Crippen LogP contribution in [-0.2, 0) is 0 Å². The highest BCUT2D eigenvalue weighted by Crippen LogP contribution is 2.35. The molecule has 1 atom stereocenters. The molecule has 5 rings (SSSR count). The normalized spacial score (nSPS) is 15.4. The molecule has 31 heavy (non-hydrogen) atoms. The van der Waals surface area contributed by atoms with E-state index in [1.165, 1.54) is 30.6 Å². The second kappa shape index (κ2) is 8.24. The predicted octanol–water partition coefficient (Wildman–Crippen LogP) is 4.72. The lowest BCUT2D eigenvalue weighted by Gasteiger charge is -2.27. The summed E-state index contributed by atoms with van der Waals surface area (Å²) in [5.74, 6) is 2.00. The number of aliphatic hydroxyl groups is 1. The van der Waals surface area contributed by atoms with Crippen molar-refractivity contribution in [3.05, 3.63) is 64.7 Å². The maximum Gasteiger partial charge on any atom is 0.163 e. The molecule has 0 spiro atoms. The minimum absolute atomic E-state index is 0.426. The zero-order chi connectivity index (χ0) is 21.4. The van der Waals surface area contributed by atoms with E-state index in [1.807, 2.05) is 49.4 Å². The lowest BCUT2D eigenvalue weighted by molar-refractivity contribution is 0.224. The zero-order valence-corrected chi connectivity index (χ0v) is 18.3. The Bertz CT molecular complexity index is 1210. The fourth-order valence-corrected chi connectivity index (χ4v) is 5.10. The van der Waals surface area contributed by atoms with Crippen molar-refractivity contribution < 1.29 is 5.11 Å². The standard InChI is InChI=1S/C24H25N5OS/c1-15-6-5-7-16(12-15)23-27-22(25)18-13-19(31-24(18)28-23)21(30)17-8-9-20(26-14-17)29-10-3-2-4-11-29/h5-9,12-14,21,30H,2-4,10-11H2,1H3,(H2,25,27,28). The van der Waals surface area contributed by atoms with Crippen molar-refractivity contribution in [2.75, 3.05) is 23.7 Å². The van der Waals surface area contributed by atoms with Gasteiger partial charge in [0.25, 0.3) is 0 Å². The van der Waals surface area contributed by atoms with Gasteiger partial charge in [0.2, 0.25) is 0 Å². The smallest absolute Gasteiger partial charge is 0.163 e. The molecule has 0 saturated carbocycles. The Labute approximate surface area is 185 Å². The van der Waals surface area contributed by atoms with Gasteiger partial charge >= 0.3 is 0 Å². The topological polar surface area (TPSA) is 88.2 Å². The van der Waals surface area contributed by atoms with Crippen LogP contribution in [0.15, 0.2) is 48.7 Å². The molecule has 3 aromatic heterocycles. The molecule has 1 saturated heterocycles. The third-order valence-electron chi connectivity index (χ3n) is 5.75. The number of thiophene rings is 1. The fraction of sp³-hybridized carbons (Fsp3) is 0.292. The van der Waals surface area contributed by atoms with E-state index < -0.39 is 6.10 Å². The zero-order valence-electron chi connectivity index (χ0n) is 17.5. The maximum absolute atomic E-state index is 11.0. The first-order valence-electron chi connectivity index (χ1n) is 10.6. The van der Waals surface area contributed by atoms with Gasteiger partial charge in [-0.15, -0.1) is 11.3 Å². The largest absolute Gasteiger partial charge is 0.383 e. The van der Waals surface area contributed by atoms with Crippen molar-refractivity contribution >= 4 is 33.2 Å². The van der Waals surface area contributed by atoms with Crippen LogP contribution in [0.1, 0.15) is 41.4 Å². The molecular formula is C24H25N5OS. The summed E-state index contributed by atoms with van der Waals surface area (Å²) in [5, 5.41) is 11.7. The predicted molar refractivity (Wildman–Crippen MR) is 126 cm³/mol. The molecule has 3 N–H and O–H groups in total. The van der Waals surface area contributed by atoms with Crippen molar-refractivity contribution in [2.45, 2.75) is 32.3 Å². The maximum atomic E-state index is 11.0. The molecule has 4 aromatic rings. The summed E-state index contributed by atoms with van der Waals surface area (Å²) in [6.45, 7) is 4.13. The molecule has 0 bridgehead atoms. The van der Waals surface area contributed by atoms with Gasteiger partial charge < -0.3 is 15.7 Å². The van der Waals surface area contributed by atoms with Crippen LogP contribution < -0.4 is 10.6 Å². The molecule has 1 aliphatic heterocycles. The van der Waals surface area contributed by atoms with Gasteiger partial charge in [-0.25, -0.2) is 15.0 Å². The second-order valence-electron chi connectivity index (χ2n) is 8.07. The summed E-state index contributed by atoms with van der Waals surface area (Å²) >= 11 is 1.44. The van der Waals surface area contributed by atoms with Crippen molar-refractivity contribution in [2.24, 2.45) is 0 Å². The van der Waals surface area contributed by atoms with Crippen LogP contribution in [0.2, 0.25) is 0 Å². The Morgan fingerprint density at radius 1 is 1.06 bits per heavy atom. The molecule has 0 radical (unpaired) electrons.